The highest BCUT2D eigenvalue weighted by molar-refractivity contribution is 6.02. The summed E-state index contributed by atoms with van der Waals surface area (Å²) in [6.07, 6.45) is 5.34. The van der Waals surface area contributed by atoms with Gasteiger partial charge in [0.05, 0.1) is 5.92 Å². The van der Waals surface area contributed by atoms with Crippen LogP contribution in [0.3, 0.4) is 0 Å². The molecule has 0 radical (unpaired) electrons. The Kier molecular flexibility index (Phi) is 6.81. The Balaban J connectivity index is 0.000000209. The zero-order valence-corrected chi connectivity index (χ0v) is 14.2. The summed E-state index contributed by atoms with van der Waals surface area (Å²) in [4.78, 5) is 74.0. The zero-order valence-electron chi connectivity index (χ0n) is 14.2. The maximum atomic E-state index is 11.7. The van der Waals surface area contributed by atoms with E-state index in [2.05, 4.69) is 4.84 Å². The number of hydrogen-bond donors (Lipinski definition) is 0. The topological polar surface area (TPSA) is 127 Å². The van der Waals surface area contributed by atoms with Crippen LogP contribution in [0, 0.1) is 5.92 Å². The zero-order chi connectivity index (χ0) is 19.1. The lowest BCUT2D eigenvalue weighted by Crippen LogP contribution is -2.35. The molecule has 1 aliphatic carbocycles. The molecule has 0 spiro atoms. The highest BCUT2D eigenvalue weighted by Crippen LogP contribution is 2.25. The molecule has 0 aromatic carbocycles. The average molecular weight is 368 g/mol. The summed E-state index contributed by atoms with van der Waals surface area (Å²) >= 11 is 0. The second kappa shape index (κ2) is 9.07. The van der Waals surface area contributed by atoms with E-state index in [1.54, 1.807) is 0 Å². The molecule has 1 saturated carbocycles. The fourth-order valence-electron chi connectivity index (χ4n) is 2.88. The van der Waals surface area contributed by atoms with Crippen molar-refractivity contribution >= 4 is 36.1 Å². The third-order valence-corrected chi connectivity index (χ3v) is 4.28. The van der Waals surface area contributed by atoms with Crippen LogP contribution >= 0.6 is 0 Å². The molecular weight excluding hydrogens is 348 g/mol. The fraction of sp³-hybridized carbons (Fsp3) is 0.625. The molecule has 3 aliphatic rings. The van der Waals surface area contributed by atoms with E-state index in [0.29, 0.717) is 10.1 Å². The lowest BCUT2D eigenvalue weighted by molar-refractivity contribution is -0.201. The number of amides is 4. The molecular formula is C16H20N2O8. The number of hydroxylamine groups is 4. The second-order valence-corrected chi connectivity index (χ2v) is 6.11. The van der Waals surface area contributed by atoms with Gasteiger partial charge in [-0.15, -0.1) is 10.1 Å². The normalized spacial score (nSPS) is 20.8. The van der Waals surface area contributed by atoms with E-state index in [4.69, 9.17) is 4.84 Å². The average Bonchev–Trinajstić information content (AvgIpc) is 3.13. The van der Waals surface area contributed by atoms with Gasteiger partial charge in [0.2, 0.25) is 0 Å². The van der Waals surface area contributed by atoms with Gasteiger partial charge in [-0.1, -0.05) is 19.3 Å². The summed E-state index contributed by atoms with van der Waals surface area (Å²) in [5.41, 5.74) is 0. The smallest absolute Gasteiger partial charge is 0.334 e. The van der Waals surface area contributed by atoms with E-state index < -0.39 is 29.6 Å². The van der Waals surface area contributed by atoms with Crippen LogP contribution in [-0.4, -0.2) is 46.2 Å². The van der Waals surface area contributed by atoms with Gasteiger partial charge < -0.3 is 9.68 Å². The van der Waals surface area contributed by atoms with Crippen LogP contribution in [0.5, 0.6) is 0 Å². The van der Waals surface area contributed by atoms with E-state index in [9.17, 15) is 28.8 Å². The molecule has 2 aliphatic heterocycles. The van der Waals surface area contributed by atoms with Crippen molar-refractivity contribution in [2.75, 3.05) is 0 Å². The maximum absolute atomic E-state index is 11.7. The quantitative estimate of drug-likeness (QED) is 0.515. The first-order valence-electron chi connectivity index (χ1n) is 8.48. The summed E-state index contributed by atoms with van der Waals surface area (Å²) in [5.74, 6) is -2.31. The molecule has 142 valence electrons. The van der Waals surface area contributed by atoms with Crippen molar-refractivity contribution in [3.8, 4) is 0 Å². The van der Waals surface area contributed by atoms with Crippen molar-refractivity contribution in [1.29, 1.82) is 0 Å². The molecule has 2 saturated heterocycles. The van der Waals surface area contributed by atoms with Crippen LogP contribution in [0.4, 0.5) is 0 Å². The van der Waals surface area contributed by atoms with Crippen molar-refractivity contribution < 1.29 is 38.4 Å². The minimum absolute atomic E-state index is 0.0567. The largest absolute Gasteiger partial charge is 0.336 e. The summed E-state index contributed by atoms with van der Waals surface area (Å²) in [7, 11) is 0. The number of nitrogens with zero attached hydrogens (tertiary/aromatic N) is 2. The minimum atomic E-state index is -0.461. The minimum Gasteiger partial charge on any atom is -0.334 e. The number of rotatable bonds is 4. The molecule has 0 aromatic rings. The van der Waals surface area contributed by atoms with Crippen molar-refractivity contribution in [2.24, 2.45) is 5.92 Å². The van der Waals surface area contributed by atoms with Crippen LogP contribution in [0.15, 0.2) is 0 Å². The van der Waals surface area contributed by atoms with Crippen LogP contribution in [-0.2, 0) is 38.4 Å². The first-order valence-corrected chi connectivity index (χ1v) is 8.48. The summed E-state index contributed by atoms with van der Waals surface area (Å²) < 4.78 is 0. The van der Waals surface area contributed by atoms with Crippen LogP contribution in [0.2, 0.25) is 0 Å². The van der Waals surface area contributed by atoms with Gasteiger partial charge in [0.1, 0.15) is 0 Å². The van der Waals surface area contributed by atoms with Gasteiger partial charge in [0.15, 0.2) is 0 Å². The maximum Gasteiger partial charge on any atom is 0.336 e. The molecule has 0 aromatic heterocycles. The van der Waals surface area contributed by atoms with Gasteiger partial charge in [-0.3, -0.25) is 24.0 Å². The van der Waals surface area contributed by atoms with Crippen molar-refractivity contribution in [2.45, 2.75) is 57.8 Å². The number of carbonyl (C=O) groups is 6. The molecule has 0 bridgehead atoms. The molecule has 0 N–H and O–H groups in total. The number of carbonyl (C=O) groups excluding carboxylic acids is 6. The van der Waals surface area contributed by atoms with E-state index in [1.807, 2.05) is 0 Å². The van der Waals surface area contributed by atoms with E-state index in [0.717, 1.165) is 32.1 Å². The molecule has 0 unspecified atom stereocenters. The molecule has 4 amide bonds. The first-order chi connectivity index (χ1) is 12.4. The standard InChI is InChI=1S/C11H15NO4.C5H5NO4/c13-9-6-7-10(14)12(9)16-11(15)8-4-2-1-3-5-8;7-3-10-6-4(8)1-2-5(6)9/h8H,1-7H2;3H,1-2H2. The van der Waals surface area contributed by atoms with Crippen LogP contribution in [0.1, 0.15) is 57.8 Å². The van der Waals surface area contributed by atoms with Gasteiger partial charge in [0, 0.05) is 25.7 Å². The Morgan fingerprint density at radius 2 is 1.27 bits per heavy atom. The second-order valence-electron chi connectivity index (χ2n) is 6.11. The van der Waals surface area contributed by atoms with Gasteiger partial charge in [-0.25, -0.2) is 4.79 Å². The Hall–Kier alpha value is -2.78. The van der Waals surface area contributed by atoms with E-state index in [-0.39, 0.29) is 38.1 Å². The molecule has 10 heteroatoms. The van der Waals surface area contributed by atoms with Gasteiger partial charge in [-0.05, 0) is 12.8 Å². The van der Waals surface area contributed by atoms with Crippen molar-refractivity contribution in [3.05, 3.63) is 0 Å². The van der Waals surface area contributed by atoms with Crippen molar-refractivity contribution in [1.82, 2.24) is 10.1 Å². The Labute approximate surface area is 149 Å². The van der Waals surface area contributed by atoms with Gasteiger partial charge >= 0.3 is 12.4 Å². The number of hydrogen-bond acceptors (Lipinski definition) is 8. The van der Waals surface area contributed by atoms with Crippen molar-refractivity contribution in [3.63, 3.8) is 0 Å². The molecule has 3 rings (SSSR count). The fourth-order valence-corrected chi connectivity index (χ4v) is 2.88. The Morgan fingerprint density at radius 1 is 0.808 bits per heavy atom. The molecule has 2 heterocycles. The summed E-state index contributed by atoms with van der Waals surface area (Å²) in [5, 5.41) is 1.12. The molecule has 0 atom stereocenters. The Bertz CT molecular complexity index is 579. The molecule has 3 fully saturated rings. The highest BCUT2D eigenvalue weighted by atomic mass is 16.7. The third-order valence-electron chi connectivity index (χ3n) is 4.28. The lowest BCUT2D eigenvalue weighted by atomic mass is 9.89. The summed E-state index contributed by atoms with van der Waals surface area (Å²) in [6.45, 7) is 0.0567. The van der Waals surface area contributed by atoms with E-state index >= 15 is 0 Å². The van der Waals surface area contributed by atoms with Gasteiger partial charge in [0.25, 0.3) is 23.6 Å². The predicted molar refractivity (Wildman–Crippen MR) is 82.0 cm³/mol. The first kappa shape index (κ1) is 19.5. The molecule has 26 heavy (non-hydrogen) atoms. The monoisotopic (exact) mass is 368 g/mol. The molecule has 10 nitrogen and oxygen atoms in total. The lowest BCUT2D eigenvalue weighted by Gasteiger charge is -2.21. The number of imide groups is 2. The predicted octanol–water partition coefficient (Wildman–Crippen LogP) is 0.397. The Morgan fingerprint density at radius 3 is 1.73 bits per heavy atom. The third kappa shape index (κ3) is 4.87. The SMILES string of the molecule is O=C(ON1C(=O)CCC1=O)C1CCCCC1.O=CON1C(=O)CCC1=O. The van der Waals surface area contributed by atoms with E-state index in [1.165, 1.54) is 0 Å². The van der Waals surface area contributed by atoms with Gasteiger partial charge in [-0.2, -0.15) is 0 Å². The summed E-state index contributed by atoms with van der Waals surface area (Å²) in [6, 6.07) is 0. The highest BCUT2D eigenvalue weighted by Gasteiger charge is 2.35. The van der Waals surface area contributed by atoms with Crippen LogP contribution in [0.25, 0.3) is 0 Å². The van der Waals surface area contributed by atoms with Crippen LogP contribution < -0.4 is 0 Å².